The van der Waals surface area contributed by atoms with Crippen molar-refractivity contribution in [2.75, 3.05) is 19.8 Å². The number of phenols is 1. The zero-order chi connectivity index (χ0) is 63.3. The van der Waals surface area contributed by atoms with Gasteiger partial charge in [-0.3, -0.25) is 14.4 Å². The number of hydrogen-bond donors (Lipinski definition) is 2. The van der Waals surface area contributed by atoms with Crippen molar-refractivity contribution in [2.24, 2.45) is 0 Å². The number of aldehydes is 3. The monoisotopic (exact) mass is 1280 g/mol. The van der Waals surface area contributed by atoms with Crippen molar-refractivity contribution in [1.82, 2.24) is 0 Å². The number of phenolic OH excluding ortho intramolecular Hbond substituents is 1. The lowest BCUT2D eigenvalue weighted by Gasteiger charge is -2.18. The van der Waals surface area contributed by atoms with Gasteiger partial charge in [0.05, 0.1) is 16.5 Å². The molecule has 1 atom stereocenters. The third-order valence-electron chi connectivity index (χ3n) is 12.3. The topological polar surface area (TPSA) is 207 Å². The molecule has 0 radical (unpaired) electrons. The van der Waals surface area contributed by atoms with Crippen LogP contribution in [0.3, 0.4) is 0 Å². The van der Waals surface area contributed by atoms with Crippen LogP contribution in [0.15, 0.2) is 174 Å². The molecule has 0 aliphatic carbocycles. The van der Waals surface area contributed by atoms with Crippen molar-refractivity contribution in [3.05, 3.63) is 237 Å². The smallest absolute Gasteiger partial charge is 0.336 e. The molecule has 12 rings (SSSR count). The Morgan fingerprint density at radius 1 is 0.580 bits per heavy atom. The summed E-state index contributed by atoms with van der Waals surface area (Å²) in [6.07, 6.45) is 1.24. The molecule has 0 spiro atoms. The number of fused-ring (bicyclic) bond motifs is 5. The fourth-order valence-electron chi connectivity index (χ4n) is 8.33. The maximum absolute atomic E-state index is 13.2. The Balaban J connectivity index is 0.000000155. The fraction of sp³-hybridized carbons (Fsp3) is 0.182. The lowest BCUT2D eigenvalue weighted by Crippen LogP contribution is -2.25. The third kappa shape index (κ3) is 19.0. The molecule has 0 bridgehead atoms. The van der Waals surface area contributed by atoms with E-state index < -0.39 is 29.7 Å². The van der Waals surface area contributed by atoms with Crippen LogP contribution in [0.25, 0.3) is 43.9 Å². The van der Waals surface area contributed by atoms with Crippen LogP contribution in [0.5, 0.6) is 23.0 Å². The predicted molar refractivity (Wildman–Crippen MR) is 317 cm³/mol. The van der Waals surface area contributed by atoms with Gasteiger partial charge in [-0.2, -0.15) is 0 Å². The quantitative estimate of drug-likeness (QED) is 0.0322. The van der Waals surface area contributed by atoms with Crippen LogP contribution >= 0.6 is 15.9 Å². The molecule has 1 unspecified atom stereocenters. The highest BCUT2D eigenvalue weighted by atomic mass is 79.9. The Kier molecular flexibility index (Phi) is 24.3. The Bertz CT molecular complexity index is 4110. The van der Waals surface area contributed by atoms with Crippen LogP contribution in [-0.4, -0.2) is 61.3 Å². The molecule has 0 amide bonds. The first-order chi connectivity index (χ1) is 42.4. The number of benzene rings is 7. The van der Waals surface area contributed by atoms with Gasteiger partial charge in [-0.05, 0) is 166 Å². The molecule has 7 aromatic carbocycles. The summed E-state index contributed by atoms with van der Waals surface area (Å²) in [7, 11) is 0. The number of hydrogen-bond acceptors (Lipinski definition) is 15. The van der Waals surface area contributed by atoms with Crippen LogP contribution in [0.1, 0.15) is 63.0 Å². The molecule has 2 N–H and O–H groups in total. The van der Waals surface area contributed by atoms with Crippen molar-refractivity contribution in [3.8, 4) is 23.0 Å². The minimum Gasteiger partial charge on any atom is -0.507 e. The summed E-state index contributed by atoms with van der Waals surface area (Å²) in [5.74, 6) is 1.02. The van der Waals surface area contributed by atoms with Gasteiger partial charge in [0.1, 0.15) is 117 Å². The first-order valence-electron chi connectivity index (χ1n) is 26.7. The van der Waals surface area contributed by atoms with Gasteiger partial charge in [0.25, 0.3) is 0 Å². The number of alkyl halides is 1. The van der Waals surface area contributed by atoms with E-state index in [0.29, 0.717) is 93.8 Å². The van der Waals surface area contributed by atoms with Crippen molar-refractivity contribution in [2.45, 2.75) is 58.1 Å². The molecular weight excluding hydrogens is 1230 g/mol. The Labute approximate surface area is 506 Å². The van der Waals surface area contributed by atoms with Gasteiger partial charge in [0, 0.05) is 58.9 Å². The highest BCUT2D eigenvalue weighted by molar-refractivity contribution is 9.08. The summed E-state index contributed by atoms with van der Waals surface area (Å²) in [6.45, 7) is 6.73. The largest absolute Gasteiger partial charge is 0.507 e. The Morgan fingerprint density at radius 2 is 1.10 bits per heavy atom. The van der Waals surface area contributed by atoms with Crippen LogP contribution in [0.2, 0.25) is 0 Å². The van der Waals surface area contributed by atoms with Crippen LogP contribution < -0.4 is 19.8 Å². The van der Waals surface area contributed by atoms with Crippen molar-refractivity contribution in [1.29, 1.82) is 0 Å². The highest BCUT2D eigenvalue weighted by Crippen LogP contribution is 2.29. The normalized spacial score (nSPS) is 12.0. The molecular formula is C66H55BrF6O15. The van der Waals surface area contributed by atoms with Crippen LogP contribution in [0, 0.1) is 41.8 Å². The Morgan fingerprint density at radius 3 is 1.67 bits per heavy atom. The number of aryl methyl sites for hydroxylation is 1. The van der Waals surface area contributed by atoms with E-state index in [1.165, 1.54) is 66.7 Å². The number of aliphatic hydroxyl groups excluding tert-OH is 1. The van der Waals surface area contributed by atoms with E-state index >= 15 is 0 Å². The molecule has 0 saturated heterocycles. The SMILES string of the molecule is CCOC(COc1ccc(F)cc1C=O)OCC.Cc1cc(=O)oc2cc(OCc3cc4cc(F)ccc4o3)ccc12.Fc1ccc2oc(CBr)cc2c1.O=CC1Cc2cc(F)ccc2O1.O=Cc1cc(F)ccc1O.OCc1cc2cc(F)ccc2o1. The third-order valence-corrected chi connectivity index (χ3v) is 12.9. The summed E-state index contributed by atoms with van der Waals surface area (Å²) in [4.78, 5) is 42.6. The van der Waals surface area contributed by atoms with Gasteiger partial charge in [0.2, 0.25) is 0 Å². The maximum Gasteiger partial charge on any atom is 0.336 e. The van der Waals surface area contributed by atoms with Gasteiger partial charge in [0.15, 0.2) is 31.3 Å². The molecule has 0 saturated carbocycles. The zero-order valence-electron chi connectivity index (χ0n) is 47.1. The number of carbonyl (C=O) groups is 3. The second-order valence-electron chi connectivity index (χ2n) is 18.7. The molecule has 11 aromatic rings. The van der Waals surface area contributed by atoms with E-state index in [9.17, 15) is 45.5 Å². The van der Waals surface area contributed by atoms with Gasteiger partial charge in [-0.25, -0.2) is 31.1 Å². The molecule has 0 fully saturated rings. The maximum atomic E-state index is 13.2. The molecule has 22 heteroatoms. The summed E-state index contributed by atoms with van der Waals surface area (Å²) >= 11 is 3.27. The van der Waals surface area contributed by atoms with Crippen molar-refractivity contribution in [3.63, 3.8) is 0 Å². The van der Waals surface area contributed by atoms with Crippen LogP contribution in [-0.2, 0) is 39.2 Å². The minimum absolute atomic E-state index is 0.0278. The molecule has 1 aliphatic rings. The number of ether oxygens (including phenoxy) is 5. The van der Waals surface area contributed by atoms with Gasteiger partial charge >= 0.3 is 5.63 Å². The second-order valence-corrected chi connectivity index (χ2v) is 19.3. The second kappa shape index (κ2) is 32.3. The Hall–Kier alpha value is -9.48. The fourth-order valence-corrected chi connectivity index (χ4v) is 8.60. The van der Waals surface area contributed by atoms with Crippen LogP contribution in [0.4, 0.5) is 26.3 Å². The van der Waals surface area contributed by atoms with Gasteiger partial charge < -0.3 is 51.6 Å². The number of aromatic hydroxyl groups is 1. The van der Waals surface area contributed by atoms with E-state index in [2.05, 4.69) is 15.9 Å². The molecule has 4 aromatic heterocycles. The average Bonchev–Trinajstić information content (AvgIpc) is 3.61. The average molecular weight is 1280 g/mol. The zero-order valence-corrected chi connectivity index (χ0v) is 48.7. The van der Waals surface area contributed by atoms with E-state index in [-0.39, 0.29) is 60.0 Å². The number of halogens is 7. The molecule has 88 heavy (non-hydrogen) atoms. The number of rotatable bonds is 15. The van der Waals surface area contributed by atoms with Crippen molar-refractivity contribution >= 4 is 78.7 Å². The van der Waals surface area contributed by atoms with Gasteiger partial charge in [-0.1, -0.05) is 15.9 Å². The number of furan rings is 3. The van der Waals surface area contributed by atoms with E-state index in [1.54, 1.807) is 48.5 Å². The minimum atomic E-state index is -0.528. The highest BCUT2D eigenvalue weighted by Gasteiger charge is 2.22. The first kappa shape index (κ1) is 66.1. The van der Waals surface area contributed by atoms with Gasteiger partial charge in [-0.15, -0.1) is 0 Å². The molecule has 458 valence electrons. The number of carbonyl (C=O) groups excluding carboxylic acids is 3. The lowest BCUT2D eigenvalue weighted by atomic mass is 10.1. The van der Waals surface area contributed by atoms with Crippen molar-refractivity contribution < 1.29 is 92.3 Å². The lowest BCUT2D eigenvalue weighted by molar-refractivity contribution is -0.152. The molecule has 15 nitrogen and oxygen atoms in total. The molecule has 1 aliphatic heterocycles. The standard InChI is InChI=1S/C19H13FO4.C13H17FO4.C9H6BrFO.2C9H7FO2.C7H5FO2/c1-11-6-19(21)24-18-9-14(3-4-16(11)18)22-10-15-8-12-7-13(20)2-5-17(12)23-15;1-3-16-13(17-4-2)9-18-12-6-5-11(14)7-10(12)8-15;10-5-8-4-6-3-7(11)1-2-9(6)12-8;2*10-7-1-2-9-6(3-7)4-8(5-11)12-9;8-6-1-2-7(10)5(3-6)4-9/h2-9H,10H2,1H3;5-8,13H,3-4,9H2,1-2H3;1-4H,5H2;1-3,5,8H,4H2;1-4,11H,5H2;1-4,10H. The van der Waals surface area contributed by atoms with E-state index in [1.807, 2.05) is 32.9 Å². The van der Waals surface area contributed by atoms with E-state index in [4.69, 9.17) is 51.6 Å². The van der Waals surface area contributed by atoms with E-state index in [0.717, 1.165) is 63.8 Å². The summed E-state index contributed by atoms with van der Waals surface area (Å²) in [5.41, 5.74) is 3.78. The summed E-state index contributed by atoms with van der Waals surface area (Å²) in [6, 6.07) is 36.3. The predicted octanol–water partition coefficient (Wildman–Crippen LogP) is 15.2. The molecule has 5 heterocycles. The number of aliphatic hydroxyl groups is 1. The first-order valence-corrected chi connectivity index (χ1v) is 27.9. The summed E-state index contributed by atoms with van der Waals surface area (Å²) < 4.78 is 125. The summed E-state index contributed by atoms with van der Waals surface area (Å²) in [5, 5.41) is 21.3.